The Hall–Kier alpha value is -2.07. The lowest BCUT2D eigenvalue weighted by Crippen LogP contribution is -2.04. The summed E-state index contributed by atoms with van der Waals surface area (Å²) >= 11 is 5.83. The molecule has 0 N–H and O–H groups in total. The molecule has 0 radical (unpaired) electrons. The van der Waals surface area contributed by atoms with Crippen molar-refractivity contribution in [3.63, 3.8) is 0 Å². The highest BCUT2D eigenvalue weighted by atomic mass is 35.5. The van der Waals surface area contributed by atoms with Crippen molar-refractivity contribution in [3.05, 3.63) is 58.0 Å². The van der Waals surface area contributed by atoms with E-state index < -0.39 is 0 Å². The van der Waals surface area contributed by atoms with Crippen molar-refractivity contribution in [1.29, 1.82) is 0 Å². The molecular formula is C12H7ClN2O2. The van der Waals surface area contributed by atoms with Gasteiger partial charge in [0, 0.05) is 23.5 Å². The van der Waals surface area contributed by atoms with Crippen molar-refractivity contribution in [2.24, 2.45) is 0 Å². The van der Waals surface area contributed by atoms with E-state index in [1.54, 1.807) is 36.7 Å². The van der Waals surface area contributed by atoms with Crippen LogP contribution in [0.15, 0.2) is 51.9 Å². The smallest absolute Gasteiger partial charge is 0.224 e. The van der Waals surface area contributed by atoms with Crippen molar-refractivity contribution < 1.29 is 4.42 Å². The summed E-state index contributed by atoms with van der Waals surface area (Å²) in [4.78, 5) is 11.9. The lowest BCUT2D eigenvalue weighted by atomic mass is 10.2. The first-order valence-corrected chi connectivity index (χ1v) is 5.35. The van der Waals surface area contributed by atoms with E-state index in [1.807, 2.05) is 0 Å². The van der Waals surface area contributed by atoms with Gasteiger partial charge in [0.05, 0.1) is 5.39 Å². The summed E-state index contributed by atoms with van der Waals surface area (Å²) in [6.07, 6.45) is 3.33. The molecule has 4 nitrogen and oxygen atoms in total. The Labute approximate surface area is 101 Å². The molecule has 0 aliphatic heterocycles. The maximum Gasteiger partial charge on any atom is 0.224 e. The van der Waals surface area contributed by atoms with Crippen LogP contribution in [0.3, 0.4) is 0 Å². The van der Waals surface area contributed by atoms with Crippen molar-refractivity contribution in [1.82, 2.24) is 9.78 Å². The number of aromatic nitrogens is 2. The molecule has 1 aromatic carbocycles. The molecule has 0 atom stereocenters. The number of fused-ring (bicyclic) bond motifs is 1. The van der Waals surface area contributed by atoms with Gasteiger partial charge in [-0.25, -0.2) is 4.68 Å². The second-order valence-corrected chi connectivity index (χ2v) is 3.98. The van der Waals surface area contributed by atoms with Gasteiger partial charge in [0.2, 0.25) is 5.88 Å². The third-order valence-corrected chi connectivity index (χ3v) is 2.64. The van der Waals surface area contributed by atoms with Crippen LogP contribution in [0, 0.1) is 0 Å². The van der Waals surface area contributed by atoms with E-state index in [2.05, 4.69) is 5.10 Å². The van der Waals surface area contributed by atoms with Gasteiger partial charge in [0.15, 0.2) is 5.43 Å². The monoisotopic (exact) mass is 246 g/mol. The molecule has 3 rings (SSSR count). The highest BCUT2D eigenvalue weighted by molar-refractivity contribution is 6.31. The first-order chi connectivity index (χ1) is 8.24. The predicted molar refractivity (Wildman–Crippen MR) is 64.6 cm³/mol. The number of rotatable bonds is 1. The van der Waals surface area contributed by atoms with Crippen molar-refractivity contribution in [2.75, 3.05) is 0 Å². The normalized spacial score (nSPS) is 10.9. The van der Waals surface area contributed by atoms with Crippen LogP contribution in [0.25, 0.3) is 16.9 Å². The van der Waals surface area contributed by atoms with Crippen LogP contribution in [-0.4, -0.2) is 9.78 Å². The Morgan fingerprint density at radius 2 is 2.18 bits per heavy atom. The molecule has 0 amide bonds. The van der Waals surface area contributed by atoms with Gasteiger partial charge in [-0.2, -0.15) is 5.10 Å². The molecule has 17 heavy (non-hydrogen) atoms. The van der Waals surface area contributed by atoms with Crippen LogP contribution < -0.4 is 5.43 Å². The molecule has 0 spiro atoms. The number of hydrogen-bond donors (Lipinski definition) is 0. The predicted octanol–water partition coefficient (Wildman–Crippen LogP) is 2.63. The topological polar surface area (TPSA) is 48.0 Å². The van der Waals surface area contributed by atoms with Gasteiger partial charge in [-0.05, 0) is 24.3 Å². The largest absolute Gasteiger partial charge is 0.438 e. The molecule has 2 aromatic heterocycles. The van der Waals surface area contributed by atoms with Crippen LogP contribution in [-0.2, 0) is 0 Å². The van der Waals surface area contributed by atoms with E-state index in [9.17, 15) is 4.79 Å². The fourth-order valence-corrected chi connectivity index (χ4v) is 1.80. The van der Waals surface area contributed by atoms with Crippen LogP contribution in [0.1, 0.15) is 0 Å². The second-order valence-electron chi connectivity index (χ2n) is 3.54. The number of benzene rings is 1. The Morgan fingerprint density at radius 3 is 2.94 bits per heavy atom. The standard InChI is InChI=1S/C12H7ClN2O2/c13-8-2-3-11-9(6-8)10(16)7-12(17-11)15-5-1-4-14-15/h1-7H. The quantitative estimate of drug-likeness (QED) is 0.663. The van der Waals surface area contributed by atoms with E-state index >= 15 is 0 Å². The number of halogens is 1. The summed E-state index contributed by atoms with van der Waals surface area (Å²) in [6.45, 7) is 0. The maximum absolute atomic E-state index is 11.9. The zero-order valence-corrected chi connectivity index (χ0v) is 9.39. The maximum atomic E-state index is 11.9. The molecule has 84 valence electrons. The van der Waals surface area contributed by atoms with Gasteiger partial charge in [-0.1, -0.05) is 11.6 Å². The summed E-state index contributed by atoms with van der Waals surface area (Å²) in [5.74, 6) is 0.384. The SMILES string of the molecule is O=c1cc(-n2cccn2)oc2ccc(Cl)cc12. The fraction of sp³-hybridized carbons (Fsp3) is 0. The summed E-state index contributed by atoms with van der Waals surface area (Å²) in [6, 6.07) is 8.10. The zero-order chi connectivity index (χ0) is 11.8. The van der Waals surface area contributed by atoms with Gasteiger partial charge in [0.25, 0.3) is 0 Å². The zero-order valence-electron chi connectivity index (χ0n) is 8.63. The van der Waals surface area contributed by atoms with Crippen molar-refractivity contribution >= 4 is 22.6 Å². The molecule has 0 unspecified atom stereocenters. The summed E-state index contributed by atoms with van der Waals surface area (Å²) in [7, 11) is 0. The molecule has 5 heteroatoms. The average molecular weight is 247 g/mol. The fourth-order valence-electron chi connectivity index (χ4n) is 1.63. The van der Waals surface area contributed by atoms with Gasteiger partial charge in [-0.3, -0.25) is 4.79 Å². The minimum absolute atomic E-state index is 0.140. The highest BCUT2D eigenvalue weighted by Gasteiger charge is 2.06. The minimum atomic E-state index is -0.140. The van der Waals surface area contributed by atoms with E-state index in [1.165, 1.54) is 10.7 Å². The van der Waals surface area contributed by atoms with Crippen LogP contribution in [0.4, 0.5) is 0 Å². The molecule has 0 saturated carbocycles. The molecule has 3 aromatic rings. The third-order valence-electron chi connectivity index (χ3n) is 2.41. The summed E-state index contributed by atoms with van der Waals surface area (Å²) in [5.41, 5.74) is 0.353. The molecule has 0 fully saturated rings. The molecule has 0 aliphatic rings. The Morgan fingerprint density at radius 1 is 1.29 bits per heavy atom. The number of hydrogen-bond acceptors (Lipinski definition) is 3. The molecule has 0 bridgehead atoms. The Balaban J connectivity index is 2.32. The number of nitrogens with zero attached hydrogens (tertiary/aromatic N) is 2. The van der Waals surface area contributed by atoms with Crippen molar-refractivity contribution in [2.45, 2.75) is 0 Å². The van der Waals surface area contributed by atoms with E-state index in [0.717, 1.165) is 0 Å². The molecule has 2 heterocycles. The molecular weight excluding hydrogens is 240 g/mol. The molecule has 0 saturated heterocycles. The van der Waals surface area contributed by atoms with E-state index in [0.29, 0.717) is 21.9 Å². The van der Waals surface area contributed by atoms with Crippen LogP contribution in [0.5, 0.6) is 0 Å². The molecule has 0 aliphatic carbocycles. The minimum Gasteiger partial charge on any atom is -0.438 e. The first-order valence-electron chi connectivity index (χ1n) is 4.97. The second kappa shape index (κ2) is 3.75. The van der Waals surface area contributed by atoms with E-state index in [4.69, 9.17) is 16.0 Å². The lowest BCUT2D eigenvalue weighted by Gasteiger charge is -2.02. The average Bonchev–Trinajstić information content (AvgIpc) is 2.83. The van der Waals surface area contributed by atoms with Gasteiger partial charge >= 0.3 is 0 Å². The van der Waals surface area contributed by atoms with Crippen LogP contribution >= 0.6 is 11.6 Å². The summed E-state index contributed by atoms with van der Waals surface area (Å²) < 4.78 is 7.08. The third kappa shape index (κ3) is 1.72. The van der Waals surface area contributed by atoms with Crippen molar-refractivity contribution in [3.8, 4) is 5.88 Å². The summed E-state index contributed by atoms with van der Waals surface area (Å²) in [5, 5.41) is 4.99. The van der Waals surface area contributed by atoms with Crippen LogP contribution in [0.2, 0.25) is 5.02 Å². The first kappa shape index (κ1) is 10.1. The van der Waals surface area contributed by atoms with Gasteiger partial charge in [-0.15, -0.1) is 0 Å². The highest BCUT2D eigenvalue weighted by Crippen LogP contribution is 2.18. The van der Waals surface area contributed by atoms with Gasteiger partial charge in [0.1, 0.15) is 5.58 Å². The Kier molecular flexibility index (Phi) is 2.23. The lowest BCUT2D eigenvalue weighted by molar-refractivity contribution is 0.547. The van der Waals surface area contributed by atoms with E-state index in [-0.39, 0.29) is 5.43 Å². The Bertz CT molecular complexity index is 732. The van der Waals surface area contributed by atoms with Gasteiger partial charge < -0.3 is 4.42 Å².